The van der Waals surface area contributed by atoms with Gasteiger partial charge in [-0.1, -0.05) is 35.7 Å². The highest BCUT2D eigenvalue weighted by molar-refractivity contribution is 7.89. The smallest absolute Gasteiger partial charge is 0.243 e. The summed E-state index contributed by atoms with van der Waals surface area (Å²) in [7, 11) is -3.73. The van der Waals surface area contributed by atoms with E-state index >= 15 is 0 Å². The molecule has 7 heteroatoms. The molecule has 1 heterocycles. The van der Waals surface area contributed by atoms with Crippen molar-refractivity contribution in [3.05, 3.63) is 58.6 Å². The number of rotatable bonds is 4. The van der Waals surface area contributed by atoms with Crippen LogP contribution >= 0.6 is 11.6 Å². The maximum absolute atomic E-state index is 13.1. The molecule has 0 aromatic heterocycles. The van der Waals surface area contributed by atoms with Gasteiger partial charge in [0.2, 0.25) is 15.9 Å². The van der Waals surface area contributed by atoms with Crippen molar-refractivity contribution >= 4 is 33.2 Å². The Morgan fingerprint density at radius 1 is 1.11 bits per heavy atom. The molecule has 1 amide bonds. The summed E-state index contributed by atoms with van der Waals surface area (Å²) >= 11 is 5.96. The molecular formula is C20H23ClN2O3S. The summed E-state index contributed by atoms with van der Waals surface area (Å²) in [6.07, 6.45) is 2.07. The Kier molecular flexibility index (Phi) is 5.89. The first-order chi connectivity index (χ1) is 12.8. The van der Waals surface area contributed by atoms with Crippen LogP contribution in [0.25, 0.3) is 0 Å². The monoisotopic (exact) mass is 406 g/mol. The van der Waals surface area contributed by atoms with Gasteiger partial charge in [-0.05, 0) is 62.6 Å². The largest absolute Gasteiger partial charge is 0.324 e. The molecule has 1 fully saturated rings. The molecule has 144 valence electrons. The Morgan fingerprint density at radius 3 is 2.48 bits per heavy atom. The van der Waals surface area contributed by atoms with Gasteiger partial charge in [0.15, 0.2) is 0 Å². The molecule has 0 spiro atoms. The molecule has 0 unspecified atom stereocenters. The number of nitrogens with one attached hydrogen (secondary N) is 1. The van der Waals surface area contributed by atoms with Crippen LogP contribution in [0.3, 0.4) is 0 Å². The van der Waals surface area contributed by atoms with E-state index in [-0.39, 0.29) is 10.8 Å². The van der Waals surface area contributed by atoms with Crippen molar-refractivity contribution in [2.24, 2.45) is 0 Å². The van der Waals surface area contributed by atoms with Gasteiger partial charge in [0.05, 0.1) is 4.90 Å². The van der Waals surface area contributed by atoms with Gasteiger partial charge >= 0.3 is 0 Å². The number of nitrogens with zero attached hydrogens (tertiary/aromatic N) is 1. The van der Waals surface area contributed by atoms with Crippen LogP contribution in [0, 0.1) is 13.8 Å². The van der Waals surface area contributed by atoms with Crippen molar-refractivity contribution in [3.63, 3.8) is 0 Å². The van der Waals surface area contributed by atoms with Crippen molar-refractivity contribution in [2.75, 3.05) is 11.9 Å². The van der Waals surface area contributed by atoms with Crippen LogP contribution in [0.1, 0.15) is 30.4 Å². The lowest BCUT2D eigenvalue weighted by Gasteiger charge is -2.33. The normalized spacial score (nSPS) is 18.3. The molecule has 2 aromatic rings. The van der Waals surface area contributed by atoms with Gasteiger partial charge in [0.25, 0.3) is 0 Å². The number of halogens is 1. The Labute approximate surface area is 165 Å². The van der Waals surface area contributed by atoms with E-state index < -0.39 is 16.1 Å². The molecule has 27 heavy (non-hydrogen) atoms. The quantitative estimate of drug-likeness (QED) is 0.829. The van der Waals surface area contributed by atoms with Crippen molar-refractivity contribution in [2.45, 2.75) is 44.0 Å². The summed E-state index contributed by atoms with van der Waals surface area (Å²) in [5.74, 6) is -0.309. The molecule has 0 bridgehead atoms. The fourth-order valence-electron chi connectivity index (χ4n) is 3.28. The van der Waals surface area contributed by atoms with Gasteiger partial charge in [0, 0.05) is 17.3 Å². The number of carbonyl (C=O) groups excluding carboxylic acids is 1. The number of hydrogen-bond donors (Lipinski definition) is 1. The summed E-state index contributed by atoms with van der Waals surface area (Å²) in [4.78, 5) is 13.1. The number of hydrogen-bond acceptors (Lipinski definition) is 3. The van der Waals surface area contributed by atoms with E-state index in [0.29, 0.717) is 23.7 Å². The maximum Gasteiger partial charge on any atom is 0.243 e. The SMILES string of the molecule is Cc1ccc(S(=O)(=O)N2CCCC[C@@H]2C(=O)Nc2ccc(Cl)cc2C)cc1. The average Bonchev–Trinajstić information content (AvgIpc) is 2.64. The number of amides is 1. The molecule has 5 nitrogen and oxygen atoms in total. The average molecular weight is 407 g/mol. The van der Waals surface area contributed by atoms with Gasteiger partial charge < -0.3 is 5.32 Å². The van der Waals surface area contributed by atoms with Crippen LogP contribution in [-0.4, -0.2) is 31.2 Å². The maximum atomic E-state index is 13.1. The van der Waals surface area contributed by atoms with Gasteiger partial charge in [-0.15, -0.1) is 0 Å². The fourth-order valence-corrected chi connectivity index (χ4v) is 5.17. The number of piperidine rings is 1. The van der Waals surface area contributed by atoms with E-state index in [4.69, 9.17) is 11.6 Å². The van der Waals surface area contributed by atoms with E-state index in [9.17, 15) is 13.2 Å². The second-order valence-electron chi connectivity index (χ2n) is 6.89. The van der Waals surface area contributed by atoms with Gasteiger partial charge in [-0.25, -0.2) is 8.42 Å². The standard InChI is InChI=1S/C20H23ClN2O3S/c1-14-6-9-17(10-7-14)27(25,26)23-12-4-3-5-19(23)20(24)22-18-11-8-16(21)13-15(18)2/h6-11,13,19H,3-5,12H2,1-2H3,(H,22,24)/t19-/m1/s1. The zero-order valence-corrected chi connectivity index (χ0v) is 17.0. The zero-order chi connectivity index (χ0) is 19.6. The first-order valence-electron chi connectivity index (χ1n) is 8.94. The number of benzene rings is 2. The Hall–Kier alpha value is -1.89. The Bertz CT molecular complexity index is 942. The van der Waals surface area contributed by atoms with Gasteiger partial charge in [-0.2, -0.15) is 4.31 Å². The minimum atomic E-state index is -3.73. The molecule has 1 N–H and O–H groups in total. The first-order valence-corrected chi connectivity index (χ1v) is 10.8. The second-order valence-corrected chi connectivity index (χ2v) is 9.22. The van der Waals surface area contributed by atoms with Crippen LogP contribution in [0.4, 0.5) is 5.69 Å². The van der Waals surface area contributed by atoms with Crippen LogP contribution in [0.2, 0.25) is 5.02 Å². The highest BCUT2D eigenvalue weighted by Crippen LogP contribution is 2.27. The lowest BCUT2D eigenvalue weighted by molar-refractivity contribution is -0.120. The Balaban J connectivity index is 1.86. The van der Waals surface area contributed by atoms with Crippen LogP contribution in [0.5, 0.6) is 0 Å². The van der Waals surface area contributed by atoms with Crippen molar-refractivity contribution in [1.82, 2.24) is 4.31 Å². The highest BCUT2D eigenvalue weighted by atomic mass is 35.5. The lowest BCUT2D eigenvalue weighted by atomic mass is 10.0. The minimum absolute atomic E-state index is 0.218. The van der Waals surface area contributed by atoms with E-state index in [1.807, 2.05) is 13.8 Å². The summed E-state index contributed by atoms with van der Waals surface area (Å²) in [6.45, 7) is 4.10. The molecule has 2 aromatic carbocycles. The van der Waals surface area contributed by atoms with Gasteiger partial charge in [-0.3, -0.25) is 4.79 Å². The number of sulfonamides is 1. The fraction of sp³-hybridized carbons (Fsp3) is 0.350. The molecule has 3 rings (SSSR count). The first kappa shape index (κ1) is 19.9. The van der Waals surface area contributed by atoms with Crippen molar-refractivity contribution < 1.29 is 13.2 Å². The molecule has 0 radical (unpaired) electrons. The molecule has 1 aliphatic rings. The molecular weight excluding hydrogens is 384 g/mol. The van der Waals surface area contributed by atoms with E-state index in [0.717, 1.165) is 24.0 Å². The number of carbonyl (C=O) groups is 1. The van der Waals surface area contributed by atoms with Gasteiger partial charge in [0.1, 0.15) is 6.04 Å². The minimum Gasteiger partial charge on any atom is -0.324 e. The predicted octanol–water partition coefficient (Wildman–Crippen LogP) is 4.14. The van der Waals surface area contributed by atoms with Crippen LogP contribution in [-0.2, 0) is 14.8 Å². The second kappa shape index (κ2) is 8.00. The summed E-state index contributed by atoms with van der Waals surface area (Å²) in [5, 5.41) is 3.46. The lowest BCUT2D eigenvalue weighted by Crippen LogP contribution is -2.49. The summed E-state index contributed by atoms with van der Waals surface area (Å²) < 4.78 is 27.5. The van der Waals surface area contributed by atoms with Crippen molar-refractivity contribution in [3.8, 4) is 0 Å². The van der Waals surface area contributed by atoms with Crippen LogP contribution in [0.15, 0.2) is 47.4 Å². The zero-order valence-electron chi connectivity index (χ0n) is 15.4. The third-order valence-electron chi connectivity index (χ3n) is 4.83. The van der Waals surface area contributed by atoms with E-state index in [1.165, 1.54) is 4.31 Å². The molecule has 0 saturated carbocycles. The molecule has 1 saturated heterocycles. The number of anilines is 1. The van der Waals surface area contributed by atoms with Crippen LogP contribution < -0.4 is 5.32 Å². The topological polar surface area (TPSA) is 66.5 Å². The van der Waals surface area contributed by atoms with E-state index in [2.05, 4.69) is 5.32 Å². The van der Waals surface area contributed by atoms with Crippen molar-refractivity contribution in [1.29, 1.82) is 0 Å². The molecule has 1 aliphatic heterocycles. The molecule has 1 atom stereocenters. The number of aryl methyl sites for hydroxylation is 2. The third-order valence-corrected chi connectivity index (χ3v) is 6.99. The Morgan fingerprint density at radius 2 is 1.81 bits per heavy atom. The third kappa shape index (κ3) is 4.34. The van der Waals surface area contributed by atoms with E-state index in [1.54, 1.807) is 42.5 Å². The predicted molar refractivity (Wildman–Crippen MR) is 108 cm³/mol. The molecule has 0 aliphatic carbocycles. The highest BCUT2D eigenvalue weighted by Gasteiger charge is 2.37. The summed E-state index contributed by atoms with van der Waals surface area (Å²) in [6, 6.07) is 11.2. The summed E-state index contributed by atoms with van der Waals surface area (Å²) in [5.41, 5.74) is 2.46.